The molecule has 0 saturated heterocycles. The summed E-state index contributed by atoms with van der Waals surface area (Å²) in [7, 11) is -11.8. The van der Waals surface area contributed by atoms with E-state index in [0.717, 1.165) is 18.4 Å². The number of allylic oxidation sites excluding steroid dienone is 5. The molecule has 176 valence electrons. The molecule has 9 heteroatoms. The fourth-order valence-corrected chi connectivity index (χ4v) is 5.14. The van der Waals surface area contributed by atoms with Crippen molar-refractivity contribution >= 4 is 15.9 Å². The minimum atomic E-state index is -5.90. The van der Waals surface area contributed by atoms with E-state index in [2.05, 4.69) is 6.08 Å². The Labute approximate surface area is 183 Å². The molecule has 0 aliphatic carbocycles. The first-order chi connectivity index (χ1) is 13.6. The Hall–Kier alpha value is -0.200. The van der Waals surface area contributed by atoms with Crippen LogP contribution in [0.3, 0.4) is 0 Å². The zero-order valence-electron chi connectivity index (χ0n) is 19.0. The molecular weight excluding hydrogens is 426 g/mol. The number of hydrogen-bond acceptors (Lipinski definition) is 7. The van der Waals surface area contributed by atoms with Gasteiger partial charge in [0.2, 0.25) is 5.08 Å². The molecule has 0 aromatic rings. The average Bonchev–Trinajstić information content (AvgIpc) is 2.54. The summed E-state index contributed by atoms with van der Waals surface area (Å²) >= 11 is 0. The molecule has 7 nitrogen and oxygen atoms in total. The lowest BCUT2D eigenvalue weighted by Crippen LogP contribution is -2.60. The largest absolute Gasteiger partial charge is 0.683 e. The summed E-state index contributed by atoms with van der Waals surface area (Å²) in [4.78, 5) is 71.2. The van der Waals surface area contributed by atoms with E-state index in [1.54, 1.807) is 6.92 Å². The molecule has 0 aromatic carbocycles. The van der Waals surface area contributed by atoms with Gasteiger partial charge in [-0.25, -0.2) is 0 Å². The summed E-state index contributed by atoms with van der Waals surface area (Å²) in [5.74, 6) is 0.107. The fraction of sp³-hybridized carbons (Fsp3) is 0.714. The molecule has 1 atom stereocenters. The van der Waals surface area contributed by atoms with Gasteiger partial charge in [0.15, 0.2) is 0 Å². The Morgan fingerprint density at radius 1 is 0.800 bits per heavy atom. The number of rotatable bonds is 14. The van der Waals surface area contributed by atoms with Gasteiger partial charge in [-0.15, -0.1) is 0 Å². The van der Waals surface area contributed by atoms with E-state index in [4.69, 9.17) is 4.74 Å². The summed E-state index contributed by atoms with van der Waals surface area (Å²) in [6.45, 7) is 11.2. The van der Waals surface area contributed by atoms with Gasteiger partial charge in [0.05, 0.1) is 13.0 Å². The number of ether oxygens (including phenoxy) is 1. The molecule has 0 unspecified atom stereocenters. The van der Waals surface area contributed by atoms with Crippen LogP contribution in [0.1, 0.15) is 80.1 Å². The van der Waals surface area contributed by atoms with Crippen LogP contribution in [0.4, 0.5) is 0 Å². The summed E-state index contributed by atoms with van der Waals surface area (Å²) in [6.07, 6.45) is 7.74. The van der Waals surface area contributed by atoms with Crippen LogP contribution in [0.25, 0.3) is 0 Å². The topological polar surface area (TPSA) is 148 Å². The second-order valence-electron chi connectivity index (χ2n) is 8.41. The van der Waals surface area contributed by atoms with Crippen LogP contribution >= 0.6 is 15.9 Å². The van der Waals surface area contributed by atoms with Crippen LogP contribution in [-0.2, 0) is 4.74 Å². The summed E-state index contributed by atoms with van der Waals surface area (Å²) in [5.41, 5.74) is 2.98. The van der Waals surface area contributed by atoms with Crippen molar-refractivity contribution in [1.82, 2.24) is 0 Å². The monoisotopic (exact) mass is 462 g/mol. The average molecular weight is 462 g/mol. The van der Waals surface area contributed by atoms with Crippen LogP contribution in [0.5, 0.6) is 0 Å². The van der Waals surface area contributed by atoms with E-state index in [9.17, 15) is 29.4 Å². The molecule has 0 fully saturated rings. The maximum atomic E-state index is 11.9. The molecule has 0 aliphatic heterocycles. The van der Waals surface area contributed by atoms with Crippen molar-refractivity contribution in [3.63, 3.8) is 0 Å². The van der Waals surface area contributed by atoms with Crippen molar-refractivity contribution in [3.8, 4) is 0 Å². The molecule has 0 radical (unpaired) electrons. The Kier molecular flexibility index (Phi) is 13.3. The Balaban J connectivity index is 5.28. The van der Waals surface area contributed by atoms with E-state index >= 15 is 0 Å². The van der Waals surface area contributed by atoms with Crippen molar-refractivity contribution in [2.45, 2.75) is 85.2 Å². The van der Waals surface area contributed by atoms with Gasteiger partial charge in [0.25, 0.3) is 0 Å². The third-order valence-corrected chi connectivity index (χ3v) is 8.62. The fourth-order valence-electron chi connectivity index (χ4n) is 2.81. The Bertz CT molecular complexity index is 579. The van der Waals surface area contributed by atoms with Gasteiger partial charge in [0.1, 0.15) is 0 Å². The van der Waals surface area contributed by atoms with Gasteiger partial charge < -0.3 is 34.1 Å². The second kappa shape index (κ2) is 13.4. The van der Waals surface area contributed by atoms with Crippen LogP contribution in [0.2, 0.25) is 0 Å². The lowest BCUT2D eigenvalue weighted by molar-refractivity contribution is -0.466. The van der Waals surface area contributed by atoms with Crippen LogP contribution in [-0.4, -0.2) is 11.7 Å². The van der Waals surface area contributed by atoms with Crippen molar-refractivity contribution in [1.29, 1.82) is 0 Å². The predicted octanol–water partition coefficient (Wildman–Crippen LogP) is 1.20. The first-order valence-electron chi connectivity index (χ1n) is 10.2. The zero-order chi connectivity index (χ0) is 23.6. The normalized spacial score (nSPS) is 14.5. The molecule has 0 heterocycles. The molecule has 30 heavy (non-hydrogen) atoms. The Morgan fingerprint density at radius 2 is 1.30 bits per heavy atom. The SMILES string of the molecule is CC(C)=CCC/C(C)=C/CC(OCC[C@@H](C)CCC=C(C)C)([P+]([O-])([O-])[O-])[P+]([O-])([O-])[O-]. The maximum Gasteiger partial charge on any atom is 0.245 e. The van der Waals surface area contributed by atoms with Gasteiger partial charge in [-0.2, -0.15) is 0 Å². The molecule has 0 saturated carbocycles. The zero-order valence-corrected chi connectivity index (χ0v) is 20.8. The van der Waals surface area contributed by atoms with Crippen molar-refractivity contribution in [2.75, 3.05) is 6.61 Å². The number of hydrogen-bond donors (Lipinski definition) is 0. The van der Waals surface area contributed by atoms with Gasteiger partial charge in [-0.05, 0) is 72.6 Å². The lowest BCUT2D eigenvalue weighted by atomic mass is 10.0. The van der Waals surface area contributed by atoms with Gasteiger partial charge >= 0.3 is 0 Å². The van der Waals surface area contributed by atoms with E-state index in [0.29, 0.717) is 24.8 Å². The first kappa shape index (κ1) is 29.8. The summed E-state index contributed by atoms with van der Waals surface area (Å²) in [6, 6.07) is 0. The smallest absolute Gasteiger partial charge is 0.245 e. The highest BCUT2D eigenvalue weighted by Crippen LogP contribution is 2.67. The Morgan fingerprint density at radius 3 is 1.77 bits per heavy atom. The van der Waals surface area contributed by atoms with E-state index < -0.39 is 27.4 Å². The molecule has 0 aliphatic rings. The third-order valence-electron chi connectivity index (χ3n) is 4.82. The molecule has 0 spiro atoms. The highest BCUT2D eigenvalue weighted by atomic mass is 31.3. The standard InChI is InChI=1S/C21H40O7P2/c1-17(2)9-7-11-19(5)13-15-21(29(22,23)24,30(25,26)27)28-16-14-20(6)12-8-10-18(3)4/h9-10,13,20H,7-8,11-12,14-16H2,1-6H3,(H2,22,23,24)(H2,25,26,27)/p-4/b19-13+/t20-/m0/s1. The van der Waals surface area contributed by atoms with Crippen LogP contribution in [0.15, 0.2) is 34.9 Å². The van der Waals surface area contributed by atoms with Gasteiger partial charge in [0, 0.05) is 0 Å². The molecule has 0 aromatic heterocycles. The van der Waals surface area contributed by atoms with E-state index in [-0.39, 0.29) is 12.5 Å². The minimum absolute atomic E-state index is 0.107. The highest BCUT2D eigenvalue weighted by Gasteiger charge is 2.47. The molecule has 0 rings (SSSR count). The van der Waals surface area contributed by atoms with Gasteiger partial charge in [-0.3, -0.25) is 0 Å². The summed E-state index contributed by atoms with van der Waals surface area (Å²) < 4.78 is 5.10. The third kappa shape index (κ3) is 10.9. The van der Waals surface area contributed by atoms with Crippen molar-refractivity contribution in [3.05, 3.63) is 34.9 Å². The molecule has 0 N–H and O–H groups in total. The van der Waals surface area contributed by atoms with Crippen molar-refractivity contribution < 1.29 is 34.1 Å². The predicted molar refractivity (Wildman–Crippen MR) is 112 cm³/mol. The first-order valence-corrected chi connectivity index (χ1v) is 13.3. The van der Waals surface area contributed by atoms with Gasteiger partial charge in [-0.1, -0.05) is 57.8 Å². The molecule has 0 amide bonds. The summed E-state index contributed by atoms with van der Waals surface area (Å²) in [5, 5.41) is -3.29. The van der Waals surface area contributed by atoms with E-state index in [1.165, 1.54) is 11.6 Å². The van der Waals surface area contributed by atoms with Crippen molar-refractivity contribution in [2.24, 2.45) is 5.92 Å². The quantitative estimate of drug-likeness (QED) is 0.278. The highest BCUT2D eigenvalue weighted by molar-refractivity contribution is 7.74. The molecular formula is C21H36O7P2-4. The maximum absolute atomic E-state index is 11.9. The van der Waals surface area contributed by atoms with E-state index in [1.807, 2.05) is 40.7 Å². The molecule has 0 bridgehead atoms. The second-order valence-corrected chi connectivity index (χ2v) is 12.2. The van der Waals surface area contributed by atoms with Crippen LogP contribution < -0.4 is 29.4 Å². The van der Waals surface area contributed by atoms with Crippen LogP contribution in [0, 0.1) is 5.92 Å². The minimum Gasteiger partial charge on any atom is -0.683 e. The lowest BCUT2D eigenvalue weighted by Gasteiger charge is -2.65.